The lowest BCUT2D eigenvalue weighted by molar-refractivity contribution is -0.141. The molecular weight excluding hydrogens is 188 g/mol. The molecule has 0 radical (unpaired) electrons. The molecule has 0 aliphatic heterocycles. The van der Waals surface area contributed by atoms with Gasteiger partial charge in [0.1, 0.15) is 0 Å². The summed E-state index contributed by atoms with van der Waals surface area (Å²) in [5.41, 5.74) is 3.18. The number of methoxy groups -OCH3 is 1. The Labute approximate surface area is 90.6 Å². The molecule has 0 fully saturated rings. The first-order valence-corrected chi connectivity index (χ1v) is 4.91. The van der Waals surface area contributed by atoms with Gasteiger partial charge in [-0.2, -0.15) is 0 Å². The van der Waals surface area contributed by atoms with Gasteiger partial charge >= 0.3 is 5.97 Å². The minimum Gasteiger partial charge on any atom is -0.469 e. The van der Waals surface area contributed by atoms with Gasteiger partial charge in [0, 0.05) is 0 Å². The highest BCUT2D eigenvalue weighted by molar-refractivity contribution is 5.78. The predicted octanol–water partition coefficient (Wildman–Crippen LogP) is 2.91. The Balaban J connectivity index is 3.05. The molecular formula is C13H16O2. The molecule has 80 valence electrons. The molecule has 15 heavy (non-hydrogen) atoms. The van der Waals surface area contributed by atoms with Crippen LogP contribution >= 0.6 is 0 Å². The van der Waals surface area contributed by atoms with Gasteiger partial charge in [0.25, 0.3) is 0 Å². The van der Waals surface area contributed by atoms with Gasteiger partial charge in [-0.15, -0.1) is 0 Å². The Morgan fingerprint density at radius 2 is 2.20 bits per heavy atom. The molecule has 0 bridgehead atoms. The molecule has 0 N–H and O–H groups in total. The van der Waals surface area contributed by atoms with Crippen molar-refractivity contribution in [2.24, 2.45) is 0 Å². The molecule has 1 atom stereocenters. The van der Waals surface area contributed by atoms with Crippen LogP contribution in [0.1, 0.15) is 29.5 Å². The van der Waals surface area contributed by atoms with Gasteiger partial charge in [0.05, 0.1) is 13.0 Å². The van der Waals surface area contributed by atoms with Crippen molar-refractivity contribution in [2.75, 3.05) is 7.11 Å². The first-order valence-electron chi connectivity index (χ1n) is 4.91. The number of hydrogen-bond acceptors (Lipinski definition) is 2. The van der Waals surface area contributed by atoms with Gasteiger partial charge in [-0.25, -0.2) is 0 Å². The summed E-state index contributed by atoms with van der Waals surface area (Å²) >= 11 is 0. The maximum Gasteiger partial charge on any atom is 0.312 e. The third-order valence-electron chi connectivity index (χ3n) is 2.58. The number of ether oxygens (including phenoxy) is 1. The first kappa shape index (κ1) is 11.5. The third-order valence-corrected chi connectivity index (χ3v) is 2.58. The minimum absolute atomic E-state index is 0.214. The van der Waals surface area contributed by atoms with Crippen LogP contribution in [0.25, 0.3) is 6.08 Å². The van der Waals surface area contributed by atoms with Crippen LogP contribution < -0.4 is 0 Å². The van der Waals surface area contributed by atoms with Gasteiger partial charge in [-0.3, -0.25) is 4.79 Å². The molecule has 2 nitrogen and oxygen atoms in total. The minimum atomic E-state index is -0.228. The van der Waals surface area contributed by atoms with E-state index >= 15 is 0 Å². The summed E-state index contributed by atoms with van der Waals surface area (Å²) in [5, 5.41) is 0. The van der Waals surface area contributed by atoms with E-state index in [1.54, 1.807) is 6.08 Å². The van der Waals surface area contributed by atoms with E-state index in [0.717, 1.165) is 16.7 Å². The van der Waals surface area contributed by atoms with Crippen LogP contribution in [0.4, 0.5) is 0 Å². The standard InChI is InChI=1S/C13H16O2/c1-5-11-8-12(7-6-9(11)2)10(3)13(14)15-4/h5-8,10H,1H2,2-4H3. The van der Waals surface area contributed by atoms with Gasteiger partial charge in [0.2, 0.25) is 0 Å². The highest BCUT2D eigenvalue weighted by atomic mass is 16.5. The van der Waals surface area contributed by atoms with Crippen LogP contribution in [0.2, 0.25) is 0 Å². The Hall–Kier alpha value is -1.57. The van der Waals surface area contributed by atoms with E-state index in [1.807, 2.05) is 32.0 Å². The first-order chi connectivity index (χ1) is 7.10. The second-order valence-electron chi connectivity index (χ2n) is 3.56. The third kappa shape index (κ3) is 2.46. The zero-order valence-corrected chi connectivity index (χ0v) is 9.41. The number of aryl methyl sites for hydroxylation is 1. The number of carbonyl (C=O) groups is 1. The van der Waals surface area contributed by atoms with Crippen molar-refractivity contribution in [1.82, 2.24) is 0 Å². The number of rotatable bonds is 3. The second kappa shape index (κ2) is 4.78. The average Bonchev–Trinajstić information content (AvgIpc) is 2.27. The fourth-order valence-electron chi connectivity index (χ4n) is 1.46. The Kier molecular flexibility index (Phi) is 3.67. The van der Waals surface area contributed by atoms with Crippen LogP contribution in [0, 0.1) is 6.92 Å². The molecule has 0 aliphatic carbocycles. The Morgan fingerprint density at radius 3 is 2.73 bits per heavy atom. The normalized spacial score (nSPS) is 11.9. The maximum absolute atomic E-state index is 11.3. The molecule has 0 aliphatic rings. The quantitative estimate of drug-likeness (QED) is 0.708. The van der Waals surface area contributed by atoms with E-state index in [-0.39, 0.29) is 11.9 Å². The summed E-state index contributed by atoms with van der Waals surface area (Å²) in [6.07, 6.45) is 1.79. The van der Waals surface area contributed by atoms with Crippen molar-refractivity contribution < 1.29 is 9.53 Å². The number of hydrogen-bond donors (Lipinski definition) is 0. The summed E-state index contributed by atoms with van der Waals surface area (Å²) in [6, 6.07) is 5.92. The molecule has 0 aromatic heterocycles. The zero-order valence-electron chi connectivity index (χ0n) is 9.41. The van der Waals surface area contributed by atoms with Crippen molar-refractivity contribution in [3.05, 3.63) is 41.5 Å². The number of esters is 1. The van der Waals surface area contributed by atoms with Gasteiger partial charge in [-0.05, 0) is 30.5 Å². The Morgan fingerprint density at radius 1 is 1.53 bits per heavy atom. The largest absolute Gasteiger partial charge is 0.469 e. The molecule has 1 aromatic rings. The molecule has 0 saturated carbocycles. The van der Waals surface area contributed by atoms with Crippen molar-refractivity contribution in [3.8, 4) is 0 Å². The lowest BCUT2D eigenvalue weighted by atomic mass is 9.96. The van der Waals surface area contributed by atoms with Crippen LogP contribution in [0.3, 0.4) is 0 Å². The van der Waals surface area contributed by atoms with E-state index in [0.29, 0.717) is 0 Å². The molecule has 0 saturated heterocycles. The number of benzene rings is 1. The fraction of sp³-hybridized carbons (Fsp3) is 0.308. The predicted molar refractivity (Wildman–Crippen MR) is 61.7 cm³/mol. The second-order valence-corrected chi connectivity index (χ2v) is 3.56. The highest BCUT2D eigenvalue weighted by Crippen LogP contribution is 2.20. The van der Waals surface area contributed by atoms with Gasteiger partial charge in [-0.1, -0.05) is 30.9 Å². The van der Waals surface area contributed by atoms with Crippen molar-refractivity contribution in [1.29, 1.82) is 0 Å². The summed E-state index contributed by atoms with van der Waals surface area (Å²) in [4.78, 5) is 11.3. The molecule has 0 heterocycles. The molecule has 0 spiro atoms. The average molecular weight is 204 g/mol. The van der Waals surface area contributed by atoms with E-state index in [9.17, 15) is 4.79 Å². The lowest BCUT2D eigenvalue weighted by Crippen LogP contribution is -2.10. The molecule has 1 unspecified atom stereocenters. The fourth-order valence-corrected chi connectivity index (χ4v) is 1.46. The summed E-state index contributed by atoms with van der Waals surface area (Å²) in [5.74, 6) is -0.442. The summed E-state index contributed by atoms with van der Waals surface area (Å²) in [7, 11) is 1.40. The molecule has 1 rings (SSSR count). The van der Waals surface area contributed by atoms with E-state index in [1.165, 1.54) is 7.11 Å². The number of carbonyl (C=O) groups excluding carboxylic acids is 1. The van der Waals surface area contributed by atoms with Gasteiger partial charge < -0.3 is 4.74 Å². The van der Waals surface area contributed by atoms with Crippen molar-refractivity contribution in [2.45, 2.75) is 19.8 Å². The van der Waals surface area contributed by atoms with Crippen molar-refractivity contribution in [3.63, 3.8) is 0 Å². The van der Waals surface area contributed by atoms with Crippen LogP contribution in [0.15, 0.2) is 24.8 Å². The van der Waals surface area contributed by atoms with E-state index in [2.05, 4.69) is 6.58 Å². The molecule has 2 heteroatoms. The molecule has 1 aromatic carbocycles. The lowest BCUT2D eigenvalue weighted by Gasteiger charge is -2.11. The summed E-state index contributed by atoms with van der Waals surface area (Å²) in [6.45, 7) is 7.60. The smallest absolute Gasteiger partial charge is 0.312 e. The SMILES string of the molecule is C=Cc1cc(C(C)C(=O)OC)ccc1C. The maximum atomic E-state index is 11.3. The van der Waals surface area contributed by atoms with Crippen molar-refractivity contribution >= 4 is 12.0 Å². The van der Waals surface area contributed by atoms with Crippen LogP contribution in [0.5, 0.6) is 0 Å². The monoisotopic (exact) mass is 204 g/mol. The highest BCUT2D eigenvalue weighted by Gasteiger charge is 2.15. The van der Waals surface area contributed by atoms with E-state index < -0.39 is 0 Å². The van der Waals surface area contributed by atoms with E-state index in [4.69, 9.17) is 4.74 Å². The van der Waals surface area contributed by atoms with Crippen LogP contribution in [-0.4, -0.2) is 13.1 Å². The zero-order chi connectivity index (χ0) is 11.4. The van der Waals surface area contributed by atoms with Gasteiger partial charge in [0.15, 0.2) is 0 Å². The summed E-state index contributed by atoms with van der Waals surface area (Å²) < 4.78 is 4.71. The molecule has 0 amide bonds. The topological polar surface area (TPSA) is 26.3 Å². The Bertz CT molecular complexity index is 380. The van der Waals surface area contributed by atoms with Crippen LogP contribution in [-0.2, 0) is 9.53 Å².